The van der Waals surface area contributed by atoms with Crippen LogP contribution in [0.1, 0.15) is 5.69 Å². The van der Waals surface area contributed by atoms with E-state index in [0.717, 1.165) is 11.3 Å². The van der Waals surface area contributed by atoms with Crippen molar-refractivity contribution in [2.45, 2.75) is 17.7 Å². The molecule has 0 aromatic carbocycles. The second-order valence-corrected chi connectivity index (χ2v) is 7.08. The molecule has 0 spiro atoms. The minimum atomic E-state index is -3.54. The molecule has 2 aromatic heterocycles. The first-order chi connectivity index (χ1) is 8.49. The van der Waals surface area contributed by atoms with E-state index >= 15 is 0 Å². The highest BCUT2D eigenvalue weighted by Crippen LogP contribution is 2.26. The largest absolute Gasteiger partial charge is 0.336 e. The predicted octanol–water partition coefficient (Wildman–Crippen LogP) is 1.28. The lowest BCUT2D eigenvalue weighted by Gasteiger charge is -2.05. The second kappa shape index (κ2) is 5.35. The number of rotatable bonds is 5. The summed E-state index contributed by atoms with van der Waals surface area (Å²) in [5.74, 6) is 0. The van der Waals surface area contributed by atoms with E-state index in [1.807, 2.05) is 0 Å². The van der Waals surface area contributed by atoms with Gasteiger partial charge in [0.25, 0.3) is 10.0 Å². The van der Waals surface area contributed by atoms with E-state index in [1.54, 1.807) is 30.2 Å². The standard InChI is InChI=1S/C9H11ClN4O2S2/c1-7-8(17-9(10)13-7)18(15,16)12-3-5-14-4-2-11-6-14/h2,4,6,12H,3,5H2,1H3. The number of halogens is 1. The van der Waals surface area contributed by atoms with E-state index in [2.05, 4.69) is 14.7 Å². The Balaban J connectivity index is 2.02. The fraction of sp³-hybridized carbons (Fsp3) is 0.333. The van der Waals surface area contributed by atoms with Crippen LogP contribution in [0.4, 0.5) is 0 Å². The molecule has 9 heteroatoms. The summed E-state index contributed by atoms with van der Waals surface area (Å²) in [4.78, 5) is 7.76. The molecule has 0 aliphatic heterocycles. The molecule has 18 heavy (non-hydrogen) atoms. The second-order valence-electron chi connectivity index (χ2n) is 3.54. The highest BCUT2D eigenvalue weighted by molar-refractivity contribution is 7.91. The van der Waals surface area contributed by atoms with Gasteiger partial charge in [-0.1, -0.05) is 22.9 Å². The zero-order valence-electron chi connectivity index (χ0n) is 9.50. The van der Waals surface area contributed by atoms with Crippen molar-refractivity contribution in [3.8, 4) is 0 Å². The first-order valence-corrected chi connectivity index (χ1v) is 7.75. The minimum absolute atomic E-state index is 0.165. The Labute approximate surface area is 114 Å². The molecule has 0 aliphatic rings. The fourth-order valence-corrected chi connectivity index (χ4v) is 4.20. The molecular weight excluding hydrogens is 296 g/mol. The van der Waals surface area contributed by atoms with Gasteiger partial charge < -0.3 is 4.57 Å². The minimum Gasteiger partial charge on any atom is -0.336 e. The maximum Gasteiger partial charge on any atom is 0.252 e. The van der Waals surface area contributed by atoms with E-state index in [0.29, 0.717) is 12.2 Å². The lowest BCUT2D eigenvalue weighted by molar-refractivity contribution is 0.574. The van der Waals surface area contributed by atoms with E-state index < -0.39 is 10.0 Å². The molecular formula is C9H11ClN4O2S2. The topological polar surface area (TPSA) is 76.9 Å². The summed E-state index contributed by atoms with van der Waals surface area (Å²) in [5.41, 5.74) is 0.417. The average Bonchev–Trinajstić information content (AvgIpc) is 2.88. The molecule has 0 aliphatic carbocycles. The van der Waals surface area contributed by atoms with Crippen molar-refractivity contribution in [3.63, 3.8) is 0 Å². The van der Waals surface area contributed by atoms with Crippen LogP contribution in [0.25, 0.3) is 0 Å². The molecule has 0 saturated heterocycles. The Hall–Kier alpha value is -0.960. The van der Waals surface area contributed by atoms with Crippen LogP contribution in [0.2, 0.25) is 4.47 Å². The van der Waals surface area contributed by atoms with E-state index in [1.165, 1.54) is 0 Å². The zero-order chi connectivity index (χ0) is 13.2. The monoisotopic (exact) mass is 306 g/mol. The molecule has 98 valence electrons. The van der Waals surface area contributed by atoms with Crippen LogP contribution < -0.4 is 4.72 Å². The maximum atomic E-state index is 12.0. The fourth-order valence-electron chi connectivity index (χ4n) is 1.39. The molecule has 2 rings (SSSR count). The van der Waals surface area contributed by atoms with Crippen molar-refractivity contribution >= 4 is 33.0 Å². The number of aryl methyl sites for hydroxylation is 1. The molecule has 2 heterocycles. The van der Waals surface area contributed by atoms with Crippen LogP contribution in [0.15, 0.2) is 22.9 Å². The maximum absolute atomic E-state index is 12.0. The van der Waals surface area contributed by atoms with Crippen molar-refractivity contribution in [2.75, 3.05) is 6.54 Å². The van der Waals surface area contributed by atoms with Gasteiger partial charge in [0.05, 0.1) is 12.0 Å². The third-order valence-corrected chi connectivity index (χ3v) is 5.53. The number of sulfonamides is 1. The first kappa shape index (κ1) is 13.5. The SMILES string of the molecule is Cc1nc(Cl)sc1S(=O)(=O)NCCn1ccnc1. The molecule has 0 amide bonds. The number of nitrogens with zero attached hydrogens (tertiary/aromatic N) is 3. The Morgan fingerprint density at radius 1 is 1.56 bits per heavy atom. The number of hydrogen-bond donors (Lipinski definition) is 1. The van der Waals surface area contributed by atoms with Gasteiger partial charge in [-0.15, -0.1) is 0 Å². The van der Waals surface area contributed by atoms with Crippen molar-refractivity contribution in [1.82, 2.24) is 19.3 Å². The molecule has 0 bridgehead atoms. The van der Waals surface area contributed by atoms with Gasteiger partial charge in [-0.25, -0.2) is 23.1 Å². The Kier molecular flexibility index (Phi) is 4.00. The van der Waals surface area contributed by atoms with Gasteiger partial charge in [0.15, 0.2) is 8.68 Å². The van der Waals surface area contributed by atoms with Crippen LogP contribution >= 0.6 is 22.9 Å². The normalized spacial score (nSPS) is 11.9. The van der Waals surface area contributed by atoms with E-state index in [-0.39, 0.29) is 15.2 Å². The summed E-state index contributed by atoms with van der Waals surface area (Å²) >= 11 is 6.64. The van der Waals surface area contributed by atoms with Crippen molar-refractivity contribution < 1.29 is 8.42 Å². The van der Waals surface area contributed by atoms with Crippen molar-refractivity contribution in [1.29, 1.82) is 0 Å². The first-order valence-electron chi connectivity index (χ1n) is 5.07. The third-order valence-electron chi connectivity index (χ3n) is 2.19. The molecule has 0 saturated carbocycles. The molecule has 0 unspecified atom stereocenters. The molecule has 1 N–H and O–H groups in total. The van der Waals surface area contributed by atoms with Gasteiger partial charge in [-0.05, 0) is 6.92 Å². The number of nitrogens with one attached hydrogen (secondary N) is 1. The molecule has 6 nitrogen and oxygen atoms in total. The Bertz CT molecular complexity index is 621. The van der Waals surface area contributed by atoms with Gasteiger partial charge in [0.2, 0.25) is 0 Å². The van der Waals surface area contributed by atoms with Crippen LogP contribution in [0, 0.1) is 6.92 Å². The highest BCUT2D eigenvalue weighted by Gasteiger charge is 2.20. The molecule has 2 aromatic rings. The van der Waals surface area contributed by atoms with Crippen molar-refractivity contribution in [3.05, 3.63) is 28.9 Å². The number of aromatic nitrogens is 3. The number of thiazole rings is 1. The quantitative estimate of drug-likeness (QED) is 0.903. The summed E-state index contributed by atoms with van der Waals surface area (Å²) in [6, 6.07) is 0. The summed E-state index contributed by atoms with van der Waals surface area (Å²) in [5, 5.41) is 0. The predicted molar refractivity (Wildman–Crippen MR) is 69.3 cm³/mol. The van der Waals surface area contributed by atoms with Crippen molar-refractivity contribution in [2.24, 2.45) is 0 Å². The third kappa shape index (κ3) is 3.08. The summed E-state index contributed by atoms with van der Waals surface area (Å²) < 4.78 is 28.6. The van der Waals surface area contributed by atoms with Gasteiger partial charge in [0.1, 0.15) is 0 Å². The number of hydrogen-bond acceptors (Lipinski definition) is 5. The molecule has 0 fully saturated rings. The summed E-state index contributed by atoms with van der Waals surface area (Å²) in [7, 11) is -3.54. The van der Waals surface area contributed by atoms with Crippen LogP contribution in [0.3, 0.4) is 0 Å². The summed E-state index contributed by atoms with van der Waals surface area (Å²) in [6.07, 6.45) is 5.04. The van der Waals surface area contributed by atoms with E-state index in [4.69, 9.17) is 11.6 Å². The molecule has 0 atom stereocenters. The van der Waals surface area contributed by atoms with Gasteiger partial charge in [0, 0.05) is 25.5 Å². The van der Waals surface area contributed by atoms with Gasteiger partial charge in [-0.3, -0.25) is 0 Å². The van der Waals surface area contributed by atoms with Crippen LogP contribution in [-0.4, -0.2) is 29.5 Å². The van der Waals surface area contributed by atoms with Gasteiger partial charge >= 0.3 is 0 Å². The zero-order valence-corrected chi connectivity index (χ0v) is 11.9. The van der Waals surface area contributed by atoms with Crippen LogP contribution in [0.5, 0.6) is 0 Å². The van der Waals surface area contributed by atoms with E-state index in [9.17, 15) is 8.42 Å². The smallest absolute Gasteiger partial charge is 0.252 e. The lowest BCUT2D eigenvalue weighted by Crippen LogP contribution is -2.27. The van der Waals surface area contributed by atoms with Gasteiger partial charge in [-0.2, -0.15) is 0 Å². The average molecular weight is 307 g/mol. The molecule has 0 radical (unpaired) electrons. The Morgan fingerprint density at radius 2 is 2.33 bits per heavy atom. The lowest BCUT2D eigenvalue weighted by atomic mass is 10.6. The van der Waals surface area contributed by atoms with Crippen LogP contribution in [-0.2, 0) is 16.6 Å². The highest BCUT2D eigenvalue weighted by atomic mass is 35.5. The summed E-state index contributed by atoms with van der Waals surface area (Å²) in [6.45, 7) is 2.42. The Morgan fingerprint density at radius 3 is 2.89 bits per heavy atom. The number of imidazole rings is 1.